The summed E-state index contributed by atoms with van der Waals surface area (Å²) >= 11 is 5.46. The van der Waals surface area contributed by atoms with Gasteiger partial charge in [-0.3, -0.25) is 4.79 Å². The number of hydrogen-bond acceptors (Lipinski definition) is 16. The molecule has 0 bridgehead atoms. The summed E-state index contributed by atoms with van der Waals surface area (Å²) in [6.07, 6.45) is -0.431. The van der Waals surface area contributed by atoms with Gasteiger partial charge in [-0.15, -0.1) is 0 Å². The van der Waals surface area contributed by atoms with Crippen LogP contribution in [0.1, 0.15) is 39.0 Å². The lowest BCUT2D eigenvalue weighted by molar-refractivity contribution is -0.135. The molecule has 1 spiro atoms. The van der Waals surface area contributed by atoms with Crippen LogP contribution in [-0.2, 0) is 54.9 Å². The first-order chi connectivity index (χ1) is 31.2. The number of phenolic OH excluding ortho intramolecular Hbond substituents is 2. The van der Waals surface area contributed by atoms with E-state index in [1.165, 1.54) is 31.3 Å². The lowest BCUT2D eigenvalue weighted by atomic mass is 9.77. The van der Waals surface area contributed by atoms with Crippen LogP contribution in [-0.4, -0.2) is 126 Å². The van der Waals surface area contributed by atoms with Crippen LogP contribution < -0.4 is 25.4 Å². The van der Waals surface area contributed by atoms with Crippen molar-refractivity contribution < 1.29 is 72.0 Å². The second kappa shape index (κ2) is 24.1. The van der Waals surface area contributed by atoms with Crippen LogP contribution in [0.2, 0.25) is 0 Å². The minimum Gasteiger partial charge on any atom is -0.508 e. The van der Waals surface area contributed by atoms with Gasteiger partial charge in [0.1, 0.15) is 35.4 Å². The summed E-state index contributed by atoms with van der Waals surface area (Å²) in [5.74, 6) is -0.000324. The number of benzene rings is 4. The Hall–Kier alpha value is -6.06. The van der Waals surface area contributed by atoms with Crippen molar-refractivity contribution in [3.63, 3.8) is 0 Å². The number of thiocarbonyl (C=S) groups is 1. The fourth-order valence-corrected chi connectivity index (χ4v) is 6.83. The third-order valence-electron chi connectivity index (χ3n) is 9.60. The summed E-state index contributed by atoms with van der Waals surface area (Å²) < 4.78 is 55.5. The molecule has 0 saturated carbocycles. The monoisotopic (exact) mass is 905 g/mol. The smallest absolute Gasteiger partial charge is 0.407 e. The SMILES string of the molecule is CNC(=O)OCc1ccc(OC(=O)CCOCCOCCOCCOCCOCCOCCNC(=S)Nc2ccc3c(c2)C(=O)OC32c3ccc(O)cc3Oc3cc(O)ccc32)cc1. The number of nitrogens with one attached hydrogen (secondary N) is 3. The van der Waals surface area contributed by atoms with Crippen LogP contribution in [0.5, 0.6) is 28.7 Å². The zero-order valence-electron chi connectivity index (χ0n) is 35.2. The van der Waals surface area contributed by atoms with Crippen LogP contribution in [0.25, 0.3) is 0 Å². The Kier molecular flexibility index (Phi) is 17.9. The third-order valence-corrected chi connectivity index (χ3v) is 9.85. The van der Waals surface area contributed by atoms with Crippen molar-refractivity contribution in [3.05, 3.63) is 107 Å². The van der Waals surface area contributed by atoms with Crippen molar-refractivity contribution in [3.8, 4) is 28.7 Å². The molecule has 4 aromatic carbocycles. The summed E-state index contributed by atoms with van der Waals surface area (Å²) in [7, 11) is 1.48. The number of amides is 1. The molecule has 2 aliphatic rings. The summed E-state index contributed by atoms with van der Waals surface area (Å²) in [5, 5.41) is 29.2. The van der Waals surface area contributed by atoms with Crippen LogP contribution in [0.4, 0.5) is 10.5 Å². The molecule has 19 heteroatoms. The number of carbonyl (C=O) groups excluding carboxylic acids is 3. The Labute approximate surface area is 374 Å². The molecule has 0 fully saturated rings. The van der Waals surface area contributed by atoms with Crippen LogP contribution in [0.3, 0.4) is 0 Å². The molecular formula is C45H51N3O15S. The molecule has 1 amide bonds. The second-order valence-corrected chi connectivity index (χ2v) is 14.5. The average Bonchev–Trinajstić information content (AvgIpc) is 3.57. The van der Waals surface area contributed by atoms with Gasteiger partial charge < -0.3 is 73.5 Å². The molecule has 0 aromatic heterocycles. The van der Waals surface area contributed by atoms with Crippen LogP contribution >= 0.6 is 12.2 Å². The third kappa shape index (κ3) is 13.2. The van der Waals surface area contributed by atoms with Gasteiger partial charge in [0.25, 0.3) is 0 Å². The van der Waals surface area contributed by atoms with E-state index in [4.69, 9.17) is 59.6 Å². The van der Waals surface area contributed by atoms with E-state index in [2.05, 4.69) is 16.0 Å². The Balaban J connectivity index is 0.733. The fourth-order valence-electron chi connectivity index (χ4n) is 6.61. The van der Waals surface area contributed by atoms with Crippen molar-refractivity contribution in [1.82, 2.24) is 10.6 Å². The Morgan fingerprint density at radius 3 is 1.77 bits per heavy atom. The topological polar surface area (TPSA) is 220 Å². The lowest BCUT2D eigenvalue weighted by Gasteiger charge is -2.36. The highest BCUT2D eigenvalue weighted by Crippen LogP contribution is 2.57. The maximum absolute atomic E-state index is 13.4. The molecule has 64 heavy (non-hydrogen) atoms. The van der Waals surface area contributed by atoms with E-state index in [0.29, 0.717) is 130 Å². The first-order valence-electron chi connectivity index (χ1n) is 20.5. The van der Waals surface area contributed by atoms with Crippen LogP contribution in [0, 0.1) is 0 Å². The van der Waals surface area contributed by atoms with Gasteiger partial charge in [-0.05, 0) is 66.3 Å². The molecule has 4 aromatic rings. The van der Waals surface area contributed by atoms with E-state index < -0.39 is 23.6 Å². The molecule has 342 valence electrons. The lowest BCUT2D eigenvalue weighted by Crippen LogP contribution is -2.33. The zero-order valence-corrected chi connectivity index (χ0v) is 36.0. The minimum absolute atomic E-state index is 0.0185. The Morgan fingerprint density at radius 1 is 0.672 bits per heavy atom. The number of phenols is 2. The highest BCUT2D eigenvalue weighted by atomic mass is 32.1. The predicted molar refractivity (Wildman–Crippen MR) is 233 cm³/mol. The standard InChI is InChI=1S/C45H51N3O15S/c1-46-44(53)60-29-30-2-7-34(8-3-30)61-41(51)12-14-54-16-18-56-20-22-58-24-25-59-23-21-57-19-17-55-15-13-47-43(64)48-31-4-9-36-35(26-31)42(52)63-45(36)37-10-5-32(49)27-39(37)62-40-28-33(50)6-11-38(40)45/h2-11,26-28,49-50H,12-25,29H2,1H3,(H,46,53)(H2,47,48,64). The Morgan fingerprint density at radius 2 is 1.20 bits per heavy atom. The molecule has 0 aliphatic carbocycles. The molecule has 5 N–H and O–H groups in total. The number of aromatic hydroxyl groups is 2. The second-order valence-electron chi connectivity index (χ2n) is 14.0. The summed E-state index contributed by atoms with van der Waals surface area (Å²) in [6, 6.07) is 21.1. The number of ether oxygens (including phenoxy) is 10. The van der Waals surface area contributed by atoms with Gasteiger partial charge in [-0.2, -0.15) is 0 Å². The highest BCUT2D eigenvalue weighted by Gasteiger charge is 2.53. The number of anilines is 1. The molecule has 0 atom stereocenters. The van der Waals surface area contributed by atoms with E-state index >= 15 is 0 Å². The highest BCUT2D eigenvalue weighted by molar-refractivity contribution is 7.80. The first-order valence-corrected chi connectivity index (χ1v) is 20.9. The van der Waals surface area contributed by atoms with E-state index in [9.17, 15) is 24.6 Å². The molecule has 2 heterocycles. The van der Waals surface area contributed by atoms with Crippen molar-refractivity contribution in [1.29, 1.82) is 0 Å². The number of carbonyl (C=O) groups is 3. The number of rotatable bonds is 25. The maximum atomic E-state index is 13.4. The number of alkyl carbamates (subject to hydrolysis) is 1. The van der Waals surface area contributed by atoms with Crippen LogP contribution in [0.15, 0.2) is 78.9 Å². The van der Waals surface area contributed by atoms with E-state index in [0.717, 1.165) is 5.56 Å². The van der Waals surface area contributed by atoms with Gasteiger partial charge in [0.2, 0.25) is 0 Å². The van der Waals surface area contributed by atoms with E-state index in [-0.39, 0.29) is 31.1 Å². The van der Waals surface area contributed by atoms with E-state index in [1.807, 2.05) is 0 Å². The number of hydrogen-bond donors (Lipinski definition) is 5. The van der Waals surface area contributed by atoms with Gasteiger partial charge in [0.15, 0.2) is 10.7 Å². The van der Waals surface area contributed by atoms with Crippen molar-refractivity contribution in [2.24, 2.45) is 0 Å². The molecule has 18 nitrogen and oxygen atoms in total. The minimum atomic E-state index is -1.34. The normalized spacial score (nSPS) is 12.9. The van der Waals surface area contributed by atoms with Crippen molar-refractivity contribution in [2.75, 3.05) is 98.2 Å². The first kappa shape index (κ1) is 47.4. The van der Waals surface area contributed by atoms with Gasteiger partial charge in [-0.1, -0.05) is 18.2 Å². The summed E-state index contributed by atoms with van der Waals surface area (Å²) in [4.78, 5) is 36.5. The maximum Gasteiger partial charge on any atom is 0.407 e. The summed E-state index contributed by atoms with van der Waals surface area (Å²) in [5.41, 5.74) is 2.01. The van der Waals surface area contributed by atoms with Gasteiger partial charge in [0, 0.05) is 48.1 Å². The molecule has 0 unspecified atom stereocenters. The molecule has 6 rings (SSSR count). The quantitative estimate of drug-likeness (QED) is 0.0258. The molecular weight excluding hydrogens is 855 g/mol. The zero-order chi connectivity index (χ0) is 45.2. The molecule has 0 radical (unpaired) electrons. The fraction of sp³-hybridized carbons (Fsp3) is 0.378. The average molecular weight is 906 g/mol. The van der Waals surface area contributed by atoms with Gasteiger partial charge >= 0.3 is 18.0 Å². The van der Waals surface area contributed by atoms with Crippen molar-refractivity contribution >= 4 is 41.0 Å². The molecule has 0 saturated heterocycles. The van der Waals surface area contributed by atoms with E-state index in [1.54, 1.807) is 54.6 Å². The molecule has 2 aliphatic heterocycles. The largest absolute Gasteiger partial charge is 0.508 e. The van der Waals surface area contributed by atoms with Gasteiger partial charge in [-0.25, -0.2) is 9.59 Å². The predicted octanol–water partition coefficient (Wildman–Crippen LogP) is 4.90. The number of fused-ring (bicyclic) bond motifs is 6. The summed E-state index contributed by atoms with van der Waals surface area (Å²) in [6.45, 7) is 5.10. The Bertz CT molecular complexity index is 2160. The van der Waals surface area contributed by atoms with Crippen molar-refractivity contribution in [2.45, 2.75) is 18.6 Å². The number of esters is 2. The van der Waals surface area contributed by atoms with Gasteiger partial charge in [0.05, 0.1) is 91.3 Å².